The summed E-state index contributed by atoms with van der Waals surface area (Å²) >= 11 is 0. The van der Waals surface area contributed by atoms with Gasteiger partial charge in [-0.2, -0.15) is 0 Å². The van der Waals surface area contributed by atoms with Crippen molar-refractivity contribution in [3.05, 3.63) is 36.4 Å². The number of benzene rings is 1. The average molecular weight is 346 g/mol. The van der Waals surface area contributed by atoms with Gasteiger partial charge in [0.15, 0.2) is 0 Å². The molecule has 0 fully saturated rings. The number of hydrogen-bond acceptors (Lipinski definition) is 5. The summed E-state index contributed by atoms with van der Waals surface area (Å²) in [4.78, 5) is 39.4. The Kier molecular flexibility index (Phi) is 5.15. The van der Waals surface area contributed by atoms with Gasteiger partial charge in [0, 0.05) is 13.1 Å². The minimum Gasteiger partial charge on any atom is -0.465 e. The van der Waals surface area contributed by atoms with Gasteiger partial charge in [-0.3, -0.25) is 9.69 Å². The predicted molar refractivity (Wildman–Crippen MR) is 93.9 cm³/mol. The summed E-state index contributed by atoms with van der Waals surface area (Å²) in [7, 11) is 1.28. The number of rotatable bonds is 2. The first-order chi connectivity index (χ1) is 11.7. The van der Waals surface area contributed by atoms with E-state index in [2.05, 4.69) is 6.58 Å². The Labute approximate surface area is 146 Å². The number of carbonyl (C=O) groups excluding carboxylic acids is 3. The quantitative estimate of drug-likeness (QED) is 0.608. The van der Waals surface area contributed by atoms with E-state index in [4.69, 9.17) is 9.47 Å². The number of esters is 1. The van der Waals surface area contributed by atoms with E-state index in [0.717, 1.165) is 0 Å². The minimum atomic E-state index is -0.661. The maximum atomic E-state index is 12.5. The third kappa shape index (κ3) is 3.99. The molecule has 134 valence electrons. The second kappa shape index (κ2) is 6.96. The number of anilines is 2. The molecule has 0 bridgehead atoms. The molecule has 25 heavy (non-hydrogen) atoms. The molecule has 1 aromatic rings. The fourth-order valence-corrected chi connectivity index (χ4v) is 2.50. The molecule has 1 aliphatic rings. The molecule has 1 aromatic carbocycles. The van der Waals surface area contributed by atoms with Crippen molar-refractivity contribution in [1.82, 2.24) is 0 Å². The summed E-state index contributed by atoms with van der Waals surface area (Å²) < 4.78 is 10.2. The van der Waals surface area contributed by atoms with Crippen molar-refractivity contribution in [3.8, 4) is 0 Å². The van der Waals surface area contributed by atoms with E-state index in [1.54, 1.807) is 32.9 Å². The van der Waals surface area contributed by atoms with Crippen LogP contribution in [0.25, 0.3) is 0 Å². The smallest absolute Gasteiger partial charge is 0.414 e. The lowest BCUT2D eigenvalue weighted by Crippen LogP contribution is -2.47. The molecule has 0 saturated heterocycles. The van der Waals surface area contributed by atoms with Crippen LogP contribution >= 0.6 is 0 Å². The molecule has 1 heterocycles. The van der Waals surface area contributed by atoms with Gasteiger partial charge < -0.3 is 14.4 Å². The van der Waals surface area contributed by atoms with Gasteiger partial charge in [0.2, 0.25) is 0 Å². The SMILES string of the molecule is C=CC(=O)N1CCN(C(=O)OC(C)(C)C)c2cc(C(=O)OC)ccc21. The maximum absolute atomic E-state index is 12.5. The summed E-state index contributed by atoms with van der Waals surface area (Å²) in [5.74, 6) is -0.810. The van der Waals surface area contributed by atoms with Crippen molar-refractivity contribution in [2.75, 3.05) is 30.0 Å². The molecule has 0 aromatic heterocycles. The van der Waals surface area contributed by atoms with Gasteiger partial charge >= 0.3 is 12.1 Å². The Balaban J connectivity index is 2.49. The van der Waals surface area contributed by atoms with Crippen LogP contribution in [0.1, 0.15) is 31.1 Å². The van der Waals surface area contributed by atoms with Crippen LogP contribution in [0.15, 0.2) is 30.9 Å². The van der Waals surface area contributed by atoms with Gasteiger partial charge in [-0.15, -0.1) is 0 Å². The summed E-state index contributed by atoms with van der Waals surface area (Å²) in [6.07, 6.45) is 0.669. The average Bonchev–Trinajstić information content (AvgIpc) is 2.57. The molecule has 0 aliphatic carbocycles. The van der Waals surface area contributed by atoms with E-state index < -0.39 is 17.7 Å². The second-order valence-corrected chi connectivity index (χ2v) is 6.52. The van der Waals surface area contributed by atoms with E-state index in [-0.39, 0.29) is 18.0 Å². The molecule has 2 amide bonds. The number of ether oxygens (including phenoxy) is 2. The van der Waals surface area contributed by atoms with Gasteiger partial charge in [0.05, 0.1) is 24.0 Å². The van der Waals surface area contributed by atoms with Crippen LogP contribution in [0.5, 0.6) is 0 Å². The summed E-state index contributed by atoms with van der Waals surface area (Å²) in [6, 6.07) is 4.68. The molecule has 0 spiro atoms. The lowest BCUT2D eigenvalue weighted by atomic mass is 10.1. The number of nitrogens with zero attached hydrogens (tertiary/aromatic N) is 2. The maximum Gasteiger partial charge on any atom is 0.414 e. The second-order valence-electron chi connectivity index (χ2n) is 6.52. The van der Waals surface area contributed by atoms with Gasteiger partial charge in [-0.1, -0.05) is 6.58 Å². The highest BCUT2D eigenvalue weighted by molar-refractivity contribution is 6.07. The summed E-state index contributed by atoms with van der Waals surface area (Å²) in [5, 5.41) is 0. The van der Waals surface area contributed by atoms with E-state index in [0.29, 0.717) is 17.9 Å². The lowest BCUT2D eigenvalue weighted by Gasteiger charge is -2.37. The molecule has 7 heteroatoms. The van der Waals surface area contributed by atoms with Crippen LogP contribution < -0.4 is 9.80 Å². The first kappa shape index (κ1) is 18.5. The van der Waals surface area contributed by atoms with Crippen molar-refractivity contribution in [3.63, 3.8) is 0 Å². The molecule has 0 N–H and O–H groups in total. The topological polar surface area (TPSA) is 76.2 Å². The largest absolute Gasteiger partial charge is 0.465 e. The Hall–Kier alpha value is -2.83. The molecule has 7 nitrogen and oxygen atoms in total. The van der Waals surface area contributed by atoms with E-state index >= 15 is 0 Å². The molecule has 1 aliphatic heterocycles. The molecule has 0 saturated carbocycles. The lowest BCUT2D eigenvalue weighted by molar-refractivity contribution is -0.114. The van der Waals surface area contributed by atoms with Crippen molar-refractivity contribution in [1.29, 1.82) is 0 Å². The number of amides is 2. The van der Waals surface area contributed by atoms with E-state index in [9.17, 15) is 14.4 Å². The molecule has 2 rings (SSSR count). The van der Waals surface area contributed by atoms with Crippen molar-refractivity contribution >= 4 is 29.3 Å². The zero-order chi connectivity index (χ0) is 18.8. The predicted octanol–water partition coefficient (Wildman–Crippen LogP) is 2.75. The van der Waals surface area contributed by atoms with Gasteiger partial charge in [0.1, 0.15) is 5.60 Å². The third-order valence-corrected chi connectivity index (χ3v) is 3.58. The summed E-state index contributed by atoms with van der Waals surface area (Å²) in [5.41, 5.74) is 0.543. The zero-order valence-corrected chi connectivity index (χ0v) is 14.9. The van der Waals surface area contributed by atoms with Crippen molar-refractivity contribution in [2.45, 2.75) is 26.4 Å². The molecule has 0 unspecified atom stereocenters. The highest BCUT2D eigenvalue weighted by atomic mass is 16.6. The molecular weight excluding hydrogens is 324 g/mol. The van der Waals surface area contributed by atoms with Crippen LogP contribution in [-0.2, 0) is 14.3 Å². The first-order valence-electron chi connectivity index (χ1n) is 7.84. The normalized spacial score (nSPS) is 13.8. The highest BCUT2D eigenvalue weighted by Crippen LogP contribution is 2.35. The highest BCUT2D eigenvalue weighted by Gasteiger charge is 2.32. The van der Waals surface area contributed by atoms with Crippen LogP contribution in [0.2, 0.25) is 0 Å². The molecule has 0 atom stereocenters. The fourth-order valence-electron chi connectivity index (χ4n) is 2.50. The van der Waals surface area contributed by atoms with Gasteiger partial charge in [0.25, 0.3) is 5.91 Å². The molecular formula is C18H22N2O5. The Morgan fingerprint density at radius 1 is 1.12 bits per heavy atom. The Morgan fingerprint density at radius 2 is 1.76 bits per heavy atom. The number of carbonyl (C=O) groups is 3. The van der Waals surface area contributed by atoms with Crippen LogP contribution in [0.4, 0.5) is 16.2 Å². The number of fused-ring (bicyclic) bond motifs is 1. The number of hydrogen-bond donors (Lipinski definition) is 0. The van der Waals surface area contributed by atoms with Gasteiger partial charge in [-0.25, -0.2) is 9.59 Å². The summed E-state index contributed by atoms with van der Waals surface area (Å²) in [6.45, 7) is 9.36. The zero-order valence-electron chi connectivity index (χ0n) is 14.9. The Morgan fingerprint density at radius 3 is 2.32 bits per heavy atom. The van der Waals surface area contributed by atoms with Crippen LogP contribution in [0, 0.1) is 0 Å². The van der Waals surface area contributed by atoms with Crippen LogP contribution in [0.3, 0.4) is 0 Å². The molecule has 0 radical (unpaired) electrons. The number of methoxy groups -OCH3 is 1. The minimum absolute atomic E-state index is 0.242. The first-order valence-corrected chi connectivity index (χ1v) is 7.84. The monoisotopic (exact) mass is 346 g/mol. The third-order valence-electron chi connectivity index (χ3n) is 3.58. The fraction of sp³-hybridized carbons (Fsp3) is 0.389. The van der Waals surface area contributed by atoms with Crippen molar-refractivity contribution in [2.24, 2.45) is 0 Å². The van der Waals surface area contributed by atoms with Crippen LogP contribution in [-0.4, -0.2) is 43.8 Å². The van der Waals surface area contributed by atoms with Crippen molar-refractivity contribution < 1.29 is 23.9 Å². The Bertz CT molecular complexity index is 721. The van der Waals surface area contributed by atoms with E-state index in [1.807, 2.05) is 0 Å². The van der Waals surface area contributed by atoms with E-state index in [1.165, 1.54) is 29.1 Å². The standard InChI is InChI=1S/C18H22N2O5/c1-6-15(21)19-9-10-20(17(23)25-18(2,3)4)14-11-12(16(22)24-5)7-8-13(14)19/h6-8,11H,1,9-10H2,2-5H3. The van der Waals surface area contributed by atoms with Gasteiger partial charge in [-0.05, 0) is 45.0 Å².